The Bertz CT molecular complexity index is 57.4. The largest absolute Gasteiger partial charge is 1.00 e. The second-order valence-corrected chi connectivity index (χ2v) is 2.32. The second kappa shape index (κ2) is 12.1. The zero-order valence-corrected chi connectivity index (χ0v) is 16.3. The Morgan fingerprint density at radius 1 is 0.875 bits per heavy atom. The third-order valence-corrected chi connectivity index (χ3v) is 0. The Kier molecular flexibility index (Phi) is 35.2. The van der Waals surface area contributed by atoms with Gasteiger partial charge in [0.05, 0.1) is 0 Å². The van der Waals surface area contributed by atoms with E-state index in [1.54, 1.807) is 0 Å². The first-order valence-electron chi connectivity index (χ1n) is 0.730. The molecule has 0 radical (unpaired) electrons. The summed E-state index contributed by atoms with van der Waals surface area (Å²) in [6.07, 6.45) is 0. The predicted octanol–water partition coefficient (Wildman–Crippen LogP) is -13.1. The fourth-order valence-electron chi connectivity index (χ4n) is 0. The van der Waals surface area contributed by atoms with E-state index in [4.69, 9.17) is 16.0 Å². The Hall–Kier alpha value is 5.15. The van der Waals surface area contributed by atoms with E-state index in [2.05, 4.69) is 0 Å². The summed E-state index contributed by atoms with van der Waals surface area (Å²) >= 11 is -5.88. The molecule has 0 amide bonds. The molecule has 4 nitrogen and oxygen atoms in total. The summed E-state index contributed by atoms with van der Waals surface area (Å²) in [5.41, 5.74) is 0. The molecule has 0 unspecified atom stereocenters. The summed E-state index contributed by atoms with van der Waals surface area (Å²) in [6, 6.07) is 0. The standard InChI is InChI=1S/AsH3O4.3K/c2-1(3,4)5;;;/h(H3,2,3,4,5);;;/q;3*+1/p-3. The van der Waals surface area contributed by atoms with Crippen molar-refractivity contribution in [3.05, 3.63) is 0 Å². The van der Waals surface area contributed by atoms with E-state index in [0.29, 0.717) is 0 Å². The van der Waals surface area contributed by atoms with Crippen LogP contribution in [0.3, 0.4) is 0 Å². The van der Waals surface area contributed by atoms with Crippen LogP contribution < -0.4 is 166 Å². The van der Waals surface area contributed by atoms with Gasteiger partial charge in [-0.3, -0.25) is 0 Å². The van der Waals surface area contributed by atoms with Gasteiger partial charge < -0.3 is 0 Å². The summed E-state index contributed by atoms with van der Waals surface area (Å²) in [7, 11) is 0. The molecule has 0 N–H and O–H groups in total. The quantitative estimate of drug-likeness (QED) is 0.403. The summed E-state index contributed by atoms with van der Waals surface area (Å²) in [6.45, 7) is 0. The molecule has 8 heavy (non-hydrogen) atoms. The van der Waals surface area contributed by atoms with Gasteiger partial charge in [0.25, 0.3) is 0 Å². The average molecular weight is 256 g/mol. The smallest absolute Gasteiger partial charge is 1.00 e. The molecule has 0 rings (SSSR count). The van der Waals surface area contributed by atoms with Crippen LogP contribution in [0.2, 0.25) is 0 Å². The molecule has 0 saturated carbocycles. The van der Waals surface area contributed by atoms with Crippen LogP contribution in [-0.4, -0.2) is 14.5 Å². The number of rotatable bonds is 0. The minimum Gasteiger partial charge on any atom is 1.00 e. The fraction of sp³-hybridized carbons (Fsp3) is 0. The first-order chi connectivity index (χ1) is 2.00. The third kappa shape index (κ3) is 43.3. The monoisotopic (exact) mass is 256 g/mol. The van der Waals surface area contributed by atoms with Crippen molar-refractivity contribution in [2.45, 2.75) is 0 Å². The van der Waals surface area contributed by atoms with Gasteiger partial charge in [0.1, 0.15) is 0 Å². The maximum absolute atomic E-state index is 8.61. The molecule has 8 heteroatoms. The van der Waals surface area contributed by atoms with Gasteiger partial charge in [-0.25, -0.2) is 0 Å². The van der Waals surface area contributed by atoms with Crippen molar-refractivity contribution in [2.75, 3.05) is 0 Å². The van der Waals surface area contributed by atoms with Gasteiger partial charge in [0.15, 0.2) is 0 Å². The van der Waals surface area contributed by atoms with E-state index in [-0.39, 0.29) is 154 Å². The molecule has 0 saturated heterocycles. The van der Waals surface area contributed by atoms with Crippen LogP contribution >= 0.6 is 0 Å². The Morgan fingerprint density at radius 2 is 0.875 bits per heavy atom. The van der Waals surface area contributed by atoms with Gasteiger partial charge in [0.2, 0.25) is 0 Å². The summed E-state index contributed by atoms with van der Waals surface area (Å²) in [5.74, 6) is 0. The Morgan fingerprint density at radius 3 is 0.875 bits per heavy atom. The van der Waals surface area contributed by atoms with Crippen LogP contribution in [0.4, 0.5) is 0 Å². The van der Waals surface area contributed by atoms with Crippen LogP contribution in [0.25, 0.3) is 0 Å². The molecule has 0 aromatic heterocycles. The molecule has 0 heterocycles. The minimum absolute atomic E-state index is 0. The molecule has 0 spiro atoms. The minimum atomic E-state index is -5.88. The van der Waals surface area contributed by atoms with Gasteiger partial charge in [-0.2, -0.15) is 0 Å². The fourth-order valence-corrected chi connectivity index (χ4v) is 0. The third-order valence-electron chi connectivity index (χ3n) is 0. The maximum atomic E-state index is 8.61. The summed E-state index contributed by atoms with van der Waals surface area (Å²) in [5, 5.41) is 0. The molecular formula is AsK3O4. The van der Waals surface area contributed by atoms with Crippen LogP contribution in [-0.2, 0) is 3.74 Å². The molecule has 0 fully saturated rings. The van der Waals surface area contributed by atoms with Crippen molar-refractivity contribution in [1.82, 2.24) is 0 Å². The first kappa shape index (κ1) is 23.2. The second-order valence-electron chi connectivity index (χ2n) is 0.447. The van der Waals surface area contributed by atoms with Crippen molar-refractivity contribution in [3.8, 4) is 0 Å². The average Bonchev–Trinajstić information content (AvgIpc) is 0.722. The van der Waals surface area contributed by atoms with Crippen LogP contribution in [0, 0.1) is 0 Å². The molecule has 0 atom stereocenters. The van der Waals surface area contributed by atoms with E-state index in [9.17, 15) is 0 Å². The molecule has 0 aliphatic rings. The van der Waals surface area contributed by atoms with E-state index in [1.807, 2.05) is 0 Å². The van der Waals surface area contributed by atoms with Gasteiger partial charge in [-0.05, 0) is 0 Å². The van der Waals surface area contributed by atoms with Crippen molar-refractivity contribution in [2.24, 2.45) is 0 Å². The van der Waals surface area contributed by atoms with Crippen LogP contribution in [0.15, 0.2) is 0 Å². The summed E-state index contributed by atoms with van der Waals surface area (Å²) < 4.78 is 34.4. The predicted molar refractivity (Wildman–Crippen MR) is 6.44 cm³/mol. The zero-order chi connectivity index (χ0) is 4.50. The molecule has 0 aliphatic carbocycles. The Balaban J connectivity index is -0.0000000267. The normalized spacial score (nSPS) is 7.38. The molecule has 0 aliphatic heterocycles. The summed E-state index contributed by atoms with van der Waals surface area (Å²) in [4.78, 5) is 0. The Labute approximate surface area is 178 Å². The van der Waals surface area contributed by atoms with Crippen molar-refractivity contribution in [1.29, 1.82) is 0 Å². The molecule has 0 bridgehead atoms. The number of hydrogen-bond donors (Lipinski definition) is 0. The number of hydrogen-bond acceptors (Lipinski definition) is 4. The molecule has 0 aromatic rings. The van der Waals surface area contributed by atoms with Crippen molar-refractivity contribution >= 4 is 14.5 Å². The van der Waals surface area contributed by atoms with E-state index in [1.165, 1.54) is 0 Å². The van der Waals surface area contributed by atoms with Gasteiger partial charge in [0, 0.05) is 0 Å². The zero-order valence-electron chi connectivity index (χ0n) is 5.08. The van der Waals surface area contributed by atoms with Crippen molar-refractivity contribution in [3.63, 3.8) is 0 Å². The maximum Gasteiger partial charge on any atom is 1.00 e. The SMILES string of the molecule is O=[As]([O-])([O-])[O-].[K+].[K+].[K+]. The van der Waals surface area contributed by atoms with Crippen LogP contribution in [0.1, 0.15) is 0 Å². The van der Waals surface area contributed by atoms with Gasteiger partial charge in [-0.1, -0.05) is 0 Å². The molecule has 32 valence electrons. The molecular weight excluding hydrogens is 256 g/mol. The molecule has 0 aromatic carbocycles. The van der Waals surface area contributed by atoms with Crippen molar-refractivity contribution < 1.29 is 170 Å². The van der Waals surface area contributed by atoms with Gasteiger partial charge >= 0.3 is 185 Å². The van der Waals surface area contributed by atoms with E-state index >= 15 is 0 Å². The van der Waals surface area contributed by atoms with Gasteiger partial charge in [-0.15, -0.1) is 0 Å². The topological polar surface area (TPSA) is 86.2 Å². The van der Waals surface area contributed by atoms with E-state index < -0.39 is 14.5 Å². The first-order valence-corrected chi connectivity index (χ1v) is 3.79. The van der Waals surface area contributed by atoms with E-state index in [0.717, 1.165) is 0 Å². The van der Waals surface area contributed by atoms with Crippen LogP contribution in [0.5, 0.6) is 0 Å².